The van der Waals surface area contributed by atoms with E-state index in [0.717, 1.165) is 41.4 Å². The van der Waals surface area contributed by atoms with Crippen molar-refractivity contribution in [1.29, 1.82) is 0 Å². The second kappa shape index (κ2) is 7.59. The lowest BCUT2D eigenvalue weighted by Crippen LogP contribution is -2.44. The molecular weight excluding hydrogens is 352 g/mol. The van der Waals surface area contributed by atoms with Crippen molar-refractivity contribution in [2.24, 2.45) is 4.99 Å². The average molecular weight is 373 g/mol. The standard InChI is InChI=1S/C15H21ClN4OS2/c1-9-7-21-5-4-20(9)13-6-12(18-14(16)19-13)8-22-15-17-10(2)11(3)23-15/h6,9-11H,4-5,7-8H2,1-3H3/t9-,10?,11?/m0/s1. The first kappa shape index (κ1) is 17.3. The van der Waals surface area contributed by atoms with Crippen LogP contribution in [0.15, 0.2) is 11.1 Å². The normalized spacial score (nSPS) is 28.1. The smallest absolute Gasteiger partial charge is 0.224 e. The molecular formula is C15H21ClN4OS2. The first-order valence-electron chi connectivity index (χ1n) is 7.78. The summed E-state index contributed by atoms with van der Waals surface area (Å²) in [6, 6.07) is 2.72. The van der Waals surface area contributed by atoms with Gasteiger partial charge >= 0.3 is 0 Å². The molecule has 1 aromatic heterocycles. The van der Waals surface area contributed by atoms with Gasteiger partial charge in [-0.1, -0.05) is 30.4 Å². The molecule has 2 aliphatic rings. The van der Waals surface area contributed by atoms with Crippen LogP contribution in [0.4, 0.5) is 5.82 Å². The number of aliphatic imine (C=N–C) groups is 1. The number of halogens is 1. The Morgan fingerprint density at radius 2 is 2.22 bits per heavy atom. The van der Waals surface area contributed by atoms with Crippen molar-refractivity contribution in [2.45, 2.75) is 43.9 Å². The Kier molecular flexibility index (Phi) is 5.72. The molecule has 3 atom stereocenters. The van der Waals surface area contributed by atoms with Crippen molar-refractivity contribution < 1.29 is 4.74 Å². The molecule has 8 heteroatoms. The van der Waals surface area contributed by atoms with Gasteiger partial charge in [0.1, 0.15) is 10.2 Å². The number of thioether (sulfide) groups is 2. The van der Waals surface area contributed by atoms with Gasteiger partial charge in [-0.05, 0) is 25.4 Å². The summed E-state index contributed by atoms with van der Waals surface area (Å²) >= 11 is 9.70. The highest BCUT2D eigenvalue weighted by Crippen LogP contribution is 2.33. The number of rotatable bonds is 3. The molecule has 0 aliphatic carbocycles. The van der Waals surface area contributed by atoms with Crippen LogP contribution in [-0.2, 0) is 10.5 Å². The third-order valence-corrected chi connectivity index (χ3v) is 6.70. The summed E-state index contributed by atoms with van der Waals surface area (Å²) in [5, 5.41) is 0.857. The number of hydrogen-bond donors (Lipinski definition) is 0. The van der Waals surface area contributed by atoms with E-state index in [4.69, 9.17) is 16.3 Å². The molecule has 1 aromatic rings. The molecule has 3 rings (SSSR count). The Hall–Kier alpha value is -0.500. The molecule has 0 radical (unpaired) electrons. The second-order valence-corrected chi connectivity index (χ2v) is 8.78. The van der Waals surface area contributed by atoms with Gasteiger partial charge in [0.05, 0.1) is 31.0 Å². The van der Waals surface area contributed by atoms with Gasteiger partial charge in [-0.25, -0.2) is 9.97 Å². The highest BCUT2D eigenvalue weighted by Gasteiger charge is 2.24. The molecule has 3 heterocycles. The van der Waals surface area contributed by atoms with Gasteiger partial charge in [-0.2, -0.15) is 0 Å². The molecule has 0 N–H and O–H groups in total. The first-order valence-corrected chi connectivity index (χ1v) is 10.0. The Balaban J connectivity index is 1.69. The zero-order valence-corrected chi connectivity index (χ0v) is 15.9. The summed E-state index contributed by atoms with van der Waals surface area (Å²) in [6.07, 6.45) is 0. The van der Waals surface area contributed by atoms with Crippen LogP contribution >= 0.6 is 35.1 Å². The fraction of sp³-hybridized carbons (Fsp3) is 0.667. The fourth-order valence-electron chi connectivity index (χ4n) is 2.51. The van der Waals surface area contributed by atoms with Crippen LogP contribution in [0, 0.1) is 0 Å². The van der Waals surface area contributed by atoms with Crippen LogP contribution in [-0.4, -0.2) is 51.4 Å². The van der Waals surface area contributed by atoms with Crippen molar-refractivity contribution in [3.8, 4) is 0 Å². The first-order chi connectivity index (χ1) is 11.0. The lowest BCUT2D eigenvalue weighted by atomic mass is 10.2. The molecule has 2 unspecified atom stereocenters. The lowest BCUT2D eigenvalue weighted by Gasteiger charge is -2.34. The van der Waals surface area contributed by atoms with Gasteiger partial charge in [0, 0.05) is 23.6 Å². The Bertz CT molecular complexity index is 601. The number of ether oxygens (including phenoxy) is 1. The number of morpholine rings is 1. The van der Waals surface area contributed by atoms with Crippen LogP contribution in [0.2, 0.25) is 5.28 Å². The van der Waals surface area contributed by atoms with E-state index in [-0.39, 0.29) is 0 Å². The molecule has 23 heavy (non-hydrogen) atoms. The molecule has 126 valence electrons. The van der Waals surface area contributed by atoms with E-state index in [9.17, 15) is 0 Å². The Labute approximate surface area is 150 Å². The predicted octanol–water partition coefficient (Wildman–Crippen LogP) is 3.47. The molecule has 0 spiro atoms. The summed E-state index contributed by atoms with van der Waals surface area (Å²) < 4.78 is 6.63. The van der Waals surface area contributed by atoms with Crippen molar-refractivity contribution in [1.82, 2.24) is 9.97 Å². The quantitative estimate of drug-likeness (QED) is 0.757. The average Bonchev–Trinajstić information content (AvgIpc) is 2.84. The fourth-order valence-corrected chi connectivity index (χ4v) is 5.07. The topological polar surface area (TPSA) is 50.6 Å². The summed E-state index contributed by atoms with van der Waals surface area (Å²) in [5.41, 5.74) is 0.944. The van der Waals surface area contributed by atoms with Crippen LogP contribution in [0.25, 0.3) is 0 Å². The number of hydrogen-bond acceptors (Lipinski definition) is 7. The largest absolute Gasteiger partial charge is 0.377 e. The predicted molar refractivity (Wildman–Crippen MR) is 99.9 cm³/mol. The van der Waals surface area contributed by atoms with Gasteiger partial charge in [-0.3, -0.25) is 4.99 Å². The third-order valence-electron chi connectivity index (χ3n) is 4.02. The number of aromatic nitrogens is 2. The Morgan fingerprint density at radius 1 is 1.39 bits per heavy atom. The molecule has 1 saturated heterocycles. The molecule has 0 aromatic carbocycles. The monoisotopic (exact) mass is 372 g/mol. The summed E-state index contributed by atoms with van der Waals surface area (Å²) in [4.78, 5) is 15.7. The van der Waals surface area contributed by atoms with E-state index < -0.39 is 0 Å². The minimum Gasteiger partial charge on any atom is -0.377 e. The maximum absolute atomic E-state index is 6.13. The Morgan fingerprint density at radius 3 is 2.91 bits per heavy atom. The second-order valence-electron chi connectivity index (χ2n) is 5.85. The highest BCUT2D eigenvalue weighted by molar-refractivity contribution is 8.39. The van der Waals surface area contributed by atoms with E-state index in [1.54, 1.807) is 11.8 Å². The van der Waals surface area contributed by atoms with E-state index in [1.165, 1.54) is 0 Å². The van der Waals surface area contributed by atoms with E-state index in [0.29, 0.717) is 22.6 Å². The van der Waals surface area contributed by atoms with Gasteiger partial charge in [0.2, 0.25) is 5.28 Å². The minimum atomic E-state index is 0.298. The molecule has 0 bridgehead atoms. The molecule has 1 fully saturated rings. The maximum atomic E-state index is 6.13. The maximum Gasteiger partial charge on any atom is 0.224 e. The van der Waals surface area contributed by atoms with Crippen molar-refractivity contribution in [3.05, 3.63) is 17.0 Å². The highest BCUT2D eigenvalue weighted by atomic mass is 35.5. The van der Waals surface area contributed by atoms with Crippen LogP contribution in [0.1, 0.15) is 26.5 Å². The summed E-state index contributed by atoms with van der Waals surface area (Å²) in [7, 11) is 0. The van der Waals surface area contributed by atoms with Crippen molar-refractivity contribution in [2.75, 3.05) is 24.7 Å². The van der Waals surface area contributed by atoms with E-state index >= 15 is 0 Å². The molecule has 2 aliphatic heterocycles. The van der Waals surface area contributed by atoms with E-state index in [1.807, 2.05) is 17.8 Å². The van der Waals surface area contributed by atoms with Gasteiger partial charge in [0.25, 0.3) is 0 Å². The zero-order chi connectivity index (χ0) is 16.4. The number of anilines is 1. The number of nitrogens with zero attached hydrogens (tertiary/aromatic N) is 4. The zero-order valence-electron chi connectivity index (χ0n) is 13.5. The van der Waals surface area contributed by atoms with Crippen molar-refractivity contribution in [3.63, 3.8) is 0 Å². The lowest BCUT2D eigenvalue weighted by molar-refractivity contribution is 0.0985. The van der Waals surface area contributed by atoms with Gasteiger partial charge < -0.3 is 9.64 Å². The van der Waals surface area contributed by atoms with Crippen LogP contribution in [0.5, 0.6) is 0 Å². The molecule has 0 saturated carbocycles. The van der Waals surface area contributed by atoms with E-state index in [2.05, 4.69) is 40.6 Å². The van der Waals surface area contributed by atoms with Gasteiger partial charge in [-0.15, -0.1) is 0 Å². The van der Waals surface area contributed by atoms with Crippen molar-refractivity contribution >= 4 is 45.3 Å². The molecule has 0 amide bonds. The third kappa shape index (κ3) is 4.32. The minimum absolute atomic E-state index is 0.298. The summed E-state index contributed by atoms with van der Waals surface area (Å²) in [5.74, 6) is 1.65. The molecule has 5 nitrogen and oxygen atoms in total. The van der Waals surface area contributed by atoms with Crippen LogP contribution < -0.4 is 4.90 Å². The SMILES string of the molecule is CC1N=C(SCc2cc(N3CCOC[C@@H]3C)nc(Cl)n2)SC1C. The van der Waals surface area contributed by atoms with Gasteiger partial charge in [0.15, 0.2) is 0 Å². The van der Waals surface area contributed by atoms with Crippen LogP contribution in [0.3, 0.4) is 0 Å². The summed E-state index contributed by atoms with van der Waals surface area (Å²) in [6.45, 7) is 8.78.